The molecule has 0 aliphatic heterocycles. The van der Waals surface area contributed by atoms with Crippen LogP contribution in [0, 0.1) is 11.3 Å². The first-order valence-electron chi connectivity index (χ1n) is 4.51. The van der Waals surface area contributed by atoms with E-state index in [0.717, 1.165) is 17.9 Å². The Morgan fingerprint density at radius 3 is 2.64 bits per heavy atom. The molecule has 0 N–H and O–H groups in total. The van der Waals surface area contributed by atoms with Crippen LogP contribution in [-0.4, -0.2) is 13.7 Å². The van der Waals surface area contributed by atoms with Crippen molar-refractivity contribution in [3.63, 3.8) is 0 Å². The van der Waals surface area contributed by atoms with Gasteiger partial charge in [-0.2, -0.15) is 5.26 Å². The summed E-state index contributed by atoms with van der Waals surface area (Å²) in [5.41, 5.74) is 0. The molecule has 0 atom stereocenters. The van der Waals surface area contributed by atoms with E-state index in [1.165, 1.54) is 0 Å². The van der Waals surface area contributed by atoms with Crippen molar-refractivity contribution in [1.82, 2.24) is 0 Å². The number of nitrogens with zero attached hydrogens (tertiary/aromatic N) is 1. The smallest absolute Gasteiger partial charge is 0.161 e. The van der Waals surface area contributed by atoms with E-state index in [0.29, 0.717) is 13.0 Å². The lowest BCUT2D eigenvalue weighted by Crippen LogP contribution is -1.98. The first-order valence-corrected chi connectivity index (χ1v) is 4.51. The third-order valence-corrected chi connectivity index (χ3v) is 1.76. The summed E-state index contributed by atoms with van der Waals surface area (Å²) in [4.78, 5) is 0. The van der Waals surface area contributed by atoms with Crippen LogP contribution in [0.5, 0.6) is 11.5 Å². The summed E-state index contributed by atoms with van der Waals surface area (Å²) in [7, 11) is 1.61. The van der Waals surface area contributed by atoms with Gasteiger partial charge in [-0.3, -0.25) is 0 Å². The number of nitriles is 1. The van der Waals surface area contributed by atoms with Crippen LogP contribution in [0.4, 0.5) is 0 Å². The first-order chi connectivity index (χ1) is 6.88. The number of benzene rings is 1. The van der Waals surface area contributed by atoms with Gasteiger partial charge in [-0.25, -0.2) is 0 Å². The van der Waals surface area contributed by atoms with E-state index in [9.17, 15) is 0 Å². The normalized spacial score (nSPS) is 9.14. The lowest BCUT2D eigenvalue weighted by molar-refractivity contribution is 0.291. The monoisotopic (exact) mass is 191 g/mol. The Bertz CT molecular complexity index is 317. The summed E-state index contributed by atoms with van der Waals surface area (Å²) in [5.74, 6) is 1.46. The molecule has 3 heteroatoms. The van der Waals surface area contributed by atoms with E-state index in [4.69, 9.17) is 14.7 Å². The van der Waals surface area contributed by atoms with E-state index in [-0.39, 0.29) is 0 Å². The Kier molecular flexibility index (Phi) is 4.36. The van der Waals surface area contributed by atoms with Crippen LogP contribution in [0.2, 0.25) is 0 Å². The van der Waals surface area contributed by atoms with Crippen molar-refractivity contribution >= 4 is 0 Å². The molecule has 1 aromatic carbocycles. The summed E-state index contributed by atoms with van der Waals surface area (Å²) < 4.78 is 10.6. The zero-order chi connectivity index (χ0) is 10.2. The summed E-state index contributed by atoms with van der Waals surface area (Å²) in [6.07, 6.45) is 1.27. The summed E-state index contributed by atoms with van der Waals surface area (Å²) in [6.45, 7) is 0.550. The molecule has 1 aromatic rings. The van der Waals surface area contributed by atoms with Crippen molar-refractivity contribution in [3.8, 4) is 17.6 Å². The average Bonchev–Trinajstić information content (AvgIpc) is 2.25. The first kappa shape index (κ1) is 10.4. The number of hydrogen-bond acceptors (Lipinski definition) is 3. The van der Waals surface area contributed by atoms with Crippen LogP contribution in [0.3, 0.4) is 0 Å². The van der Waals surface area contributed by atoms with Gasteiger partial charge in [0.15, 0.2) is 11.5 Å². The summed E-state index contributed by atoms with van der Waals surface area (Å²) in [5, 5.41) is 8.33. The zero-order valence-electron chi connectivity index (χ0n) is 8.19. The summed E-state index contributed by atoms with van der Waals surface area (Å²) >= 11 is 0. The number of unbranched alkanes of at least 4 members (excludes halogenated alkanes) is 1. The van der Waals surface area contributed by atoms with Gasteiger partial charge in [0.1, 0.15) is 0 Å². The fraction of sp³-hybridized carbons (Fsp3) is 0.364. The van der Waals surface area contributed by atoms with Gasteiger partial charge in [0.2, 0.25) is 0 Å². The number of methoxy groups -OCH3 is 1. The largest absolute Gasteiger partial charge is 0.493 e. The number of ether oxygens (including phenoxy) is 2. The second kappa shape index (κ2) is 5.87. The molecule has 0 amide bonds. The fourth-order valence-corrected chi connectivity index (χ4v) is 1.07. The Hall–Kier alpha value is -1.69. The van der Waals surface area contributed by atoms with Crippen molar-refractivity contribution in [1.29, 1.82) is 5.26 Å². The molecule has 0 aromatic heterocycles. The minimum absolute atomic E-state index is 0.523. The van der Waals surface area contributed by atoms with Crippen molar-refractivity contribution in [2.24, 2.45) is 0 Å². The van der Waals surface area contributed by atoms with E-state index in [1.54, 1.807) is 7.11 Å². The SMILES string of the molecule is COc1ccccc1OCCCC#N. The highest BCUT2D eigenvalue weighted by Gasteiger charge is 2.00. The van der Waals surface area contributed by atoms with E-state index in [2.05, 4.69) is 6.07 Å². The highest BCUT2D eigenvalue weighted by molar-refractivity contribution is 5.39. The van der Waals surface area contributed by atoms with Gasteiger partial charge >= 0.3 is 0 Å². The van der Waals surface area contributed by atoms with Gasteiger partial charge in [-0.15, -0.1) is 0 Å². The van der Waals surface area contributed by atoms with Crippen LogP contribution in [-0.2, 0) is 0 Å². The Morgan fingerprint density at radius 1 is 1.29 bits per heavy atom. The van der Waals surface area contributed by atoms with E-state index < -0.39 is 0 Å². The molecule has 0 heterocycles. The second-order valence-corrected chi connectivity index (χ2v) is 2.76. The number of rotatable bonds is 5. The standard InChI is InChI=1S/C11H13NO2/c1-13-10-6-2-3-7-11(10)14-9-5-4-8-12/h2-3,6-7H,4-5,9H2,1H3. The highest BCUT2D eigenvalue weighted by Crippen LogP contribution is 2.25. The molecule has 0 unspecified atom stereocenters. The third-order valence-electron chi connectivity index (χ3n) is 1.76. The van der Waals surface area contributed by atoms with Crippen molar-refractivity contribution in [2.75, 3.05) is 13.7 Å². The lowest BCUT2D eigenvalue weighted by Gasteiger charge is -2.08. The van der Waals surface area contributed by atoms with Crippen LogP contribution in [0.1, 0.15) is 12.8 Å². The molecule has 0 saturated heterocycles. The molecule has 0 saturated carbocycles. The molecule has 1 rings (SSSR count). The fourth-order valence-electron chi connectivity index (χ4n) is 1.07. The van der Waals surface area contributed by atoms with Gasteiger partial charge in [0, 0.05) is 6.42 Å². The molecular formula is C11H13NO2. The van der Waals surface area contributed by atoms with Gasteiger partial charge in [-0.05, 0) is 18.6 Å². The van der Waals surface area contributed by atoms with Gasteiger partial charge in [-0.1, -0.05) is 12.1 Å². The van der Waals surface area contributed by atoms with Crippen molar-refractivity contribution < 1.29 is 9.47 Å². The van der Waals surface area contributed by atoms with Crippen LogP contribution >= 0.6 is 0 Å². The maximum absolute atomic E-state index is 8.33. The van der Waals surface area contributed by atoms with Crippen LogP contribution in [0.15, 0.2) is 24.3 Å². The molecular weight excluding hydrogens is 178 g/mol. The quantitative estimate of drug-likeness (QED) is 0.671. The van der Waals surface area contributed by atoms with Gasteiger partial charge < -0.3 is 9.47 Å². The topological polar surface area (TPSA) is 42.2 Å². The predicted molar refractivity (Wildman–Crippen MR) is 53.3 cm³/mol. The van der Waals surface area contributed by atoms with Gasteiger partial charge in [0.25, 0.3) is 0 Å². The third kappa shape index (κ3) is 2.98. The molecule has 0 spiro atoms. The minimum Gasteiger partial charge on any atom is -0.493 e. The highest BCUT2D eigenvalue weighted by atomic mass is 16.5. The predicted octanol–water partition coefficient (Wildman–Crippen LogP) is 2.38. The molecule has 0 bridgehead atoms. The van der Waals surface area contributed by atoms with E-state index in [1.807, 2.05) is 24.3 Å². The maximum atomic E-state index is 8.33. The number of hydrogen-bond donors (Lipinski definition) is 0. The molecule has 0 fully saturated rings. The van der Waals surface area contributed by atoms with Crippen molar-refractivity contribution in [2.45, 2.75) is 12.8 Å². The Morgan fingerprint density at radius 2 is 2.00 bits per heavy atom. The maximum Gasteiger partial charge on any atom is 0.161 e. The Balaban J connectivity index is 2.46. The molecule has 0 aliphatic carbocycles. The van der Waals surface area contributed by atoms with Crippen LogP contribution in [0.25, 0.3) is 0 Å². The van der Waals surface area contributed by atoms with Crippen LogP contribution < -0.4 is 9.47 Å². The zero-order valence-corrected chi connectivity index (χ0v) is 8.19. The Labute approximate surface area is 83.9 Å². The molecule has 14 heavy (non-hydrogen) atoms. The lowest BCUT2D eigenvalue weighted by atomic mass is 10.3. The second-order valence-electron chi connectivity index (χ2n) is 2.76. The number of para-hydroxylation sites is 2. The average molecular weight is 191 g/mol. The van der Waals surface area contributed by atoms with E-state index >= 15 is 0 Å². The summed E-state index contributed by atoms with van der Waals surface area (Å²) in [6, 6.07) is 9.55. The molecule has 0 radical (unpaired) electrons. The minimum atomic E-state index is 0.523. The van der Waals surface area contributed by atoms with Gasteiger partial charge in [0.05, 0.1) is 19.8 Å². The molecule has 3 nitrogen and oxygen atoms in total. The van der Waals surface area contributed by atoms with Crippen molar-refractivity contribution in [3.05, 3.63) is 24.3 Å². The molecule has 0 aliphatic rings. The molecule has 74 valence electrons.